The molecule has 8 heteroatoms. The molecule has 1 amide bonds. The average Bonchev–Trinajstić information content (AvgIpc) is 3.37. The predicted octanol–water partition coefficient (Wildman–Crippen LogP) is 2.13. The number of aromatic nitrogens is 3. The maximum atomic E-state index is 12.3. The number of esters is 1. The van der Waals surface area contributed by atoms with Crippen molar-refractivity contribution in [2.75, 3.05) is 13.2 Å². The van der Waals surface area contributed by atoms with Gasteiger partial charge >= 0.3 is 5.97 Å². The molecule has 1 aromatic carbocycles. The Bertz CT molecular complexity index is 934. The molecule has 0 saturated carbocycles. The van der Waals surface area contributed by atoms with Gasteiger partial charge in [0.25, 0.3) is 5.91 Å². The zero-order valence-electron chi connectivity index (χ0n) is 14.6. The van der Waals surface area contributed by atoms with Crippen molar-refractivity contribution in [2.45, 2.75) is 19.5 Å². The number of carbonyl (C=O) groups excluding carboxylic acids is 2. The van der Waals surface area contributed by atoms with Gasteiger partial charge in [-0.25, -0.2) is 14.5 Å². The Labute approximate surface area is 160 Å². The maximum absolute atomic E-state index is 12.3. The van der Waals surface area contributed by atoms with Crippen molar-refractivity contribution >= 4 is 23.2 Å². The zero-order valence-corrected chi connectivity index (χ0v) is 15.4. The normalized spacial score (nSPS) is 13.3. The van der Waals surface area contributed by atoms with Crippen LogP contribution in [0.1, 0.15) is 26.4 Å². The first-order valence-electron chi connectivity index (χ1n) is 8.60. The van der Waals surface area contributed by atoms with Crippen molar-refractivity contribution in [1.82, 2.24) is 19.7 Å². The number of nitrogens with zero attached hydrogens (tertiary/aromatic N) is 4. The van der Waals surface area contributed by atoms with Crippen LogP contribution in [0, 0.1) is 0 Å². The Morgan fingerprint density at radius 1 is 1.19 bits per heavy atom. The molecule has 0 saturated heterocycles. The molecule has 0 spiro atoms. The Balaban J connectivity index is 1.29. The minimum absolute atomic E-state index is 0.164. The molecule has 7 nitrogen and oxygen atoms in total. The highest BCUT2D eigenvalue weighted by Gasteiger charge is 2.22. The summed E-state index contributed by atoms with van der Waals surface area (Å²) in [6, 6.07) is 9.10. The van der Waals surface area contributed by atoms with E-state index in [0.717, 1.165) is 12.0 Å². The Hall–Kier alpha value is -3.00. The lowest BCUT2D eigenvalue weighted by molar-refractivity contribution is -0.135. The van der Waals surface area contributed by atoms with Crippen molar-refractivity contribution in [1.29, 1.82) is 0 Å². The maximum Gasteiger partial charge on any atom is 0.338 e. The molecule has 3 heterocycles. The SMILES string of the molecule is O=C(OCC(=O)N1CCc2sccc2C1)c1ccc(Cn2cncn2)cc1. The molecule has 0 N–H and O–H groups in total. The van der Waals surface area contributed by atoms with E-state index in [-0.39, 0.29) is 12.5 Å². The number of carbonyl (C=O) groups is 2. The van der Waals surface area contributed by atoms with Crippen LogP contribution in [0.15, 0.2) is 48.4 Å². The lowest BCUT2D eigenvalue weighted by atomic mass is 10.1. The number of thiophene rings is 1. The molecule has 27 heavy (non-hydrogen) atoms. The fourth-order valence-corrected chi connectivity index (χ4v) is 3.90. The third-order valence-electron chi connectivity index (χ3n) is 4.49. The van der Waals surface area contributed by atoms with Gasteiger partial charge in [-0.2, -0.15) is 5.10 Å². The van der Waals surface area contributed by atoms with Crippen LogP contribution in [0.5, 0.6) is 0 Å². The lowest BCUT2D eigenvalue weighted by Crippen LogP contribution is -2.38. The highest BCUT2D eigenvalue weighted by molar-refractivity contribution is 7.10. The van der Waals surface area contributed by atoms with E-state index in [2.05, 4.69) is 10.1 Å². The lowest BCUT2D eigenvalue weighted by Gasteiger charge is -2.26. The molecule has 0 fully saturated rings. The van der Waals surface area contributed by atoms with Crippen LogP contribution in [0.3, 0.4) is 0 Å². The third kappa shape index (κ3) is 4.06. The molecule has 0 aliphatic carbocycles. The Kier molecular flexibility index (Phi) is 4.97. The van der Waals surface area contributed by atoms with E-state index in [0.29, 0.717) is 25.2 Å². The summed E-state index contributed by atoms with van der Waals surface area (Å²) >= 11 is 1.72. The van der Waals surface area contributed by atoms with Gasteiger partial charge in [-0.15, -0.1) is 11.3 Å². The molecule has 3 aromatic rings. The highest BCUT2D eigenvalue weighted by atomic mass is 32.1. The molecule has 0 unspecified atom stereocenters. The fourth-order valence-electron chi connectivity index (χ4n) is 3.01. The van der Waals surface area contributed by atoms with Crippen molar-refractivity contribution in [3.05, 3.63) is 69.9 Å². The number of hydrogen-bond donors (Lipinski definition) is 0. The number of rotatable bonds is 5. The van der Waals surface area contributed by atoms with E-state index < -0.39 is 5.97 Å². The molecule has 138 valence electrons. The summed E-state index contributed by atoms with van der Waals surface area (Å²) in [6.07, 6.45) is 3.97. The zero-order chi connectivity index (χ0) is 18.6. The van der Waals surface area contributed by atoms with Gasteiger partial charge < -0.3 is 9.64 Å². The minimum atomic E-state index is -0.496. The van der Waals surface area contributed by atoms with Gasteiger partial charge in [0.05, 0.1) is 12.1 Å². The van der Waals surface area contributed by atoms with Gasteiger partial charge in [0.2, 0.25) is 0 Å². The second-order valence-corrected chi connectivity index (χ2v) is 7.30. The quantitative estimate of drug-likeness (QED) is 0.632. The van der Waals surface area contributed by atoms with Crippen LogP contribution >= 0.6 is 11.3 Å². The van der Waals surface area contributed by atoms with Crippen LogP contribution in [0.25, 0.3) is 0 Å². The number of ether oxygens (including phenoxy) is 1. The van der Waals surface area contributed by atoms with E-state index in [1.54, 1.807) is 39.4 Å². The third-order valence-corrected chi connectivity index (χ3v) is 5.51. The van der Waals surface area contributed by atoms with Gasteiger partial charge in [0.15, 0.2) is 6.61 Å². The van der Waals surface area contributed by atoms with Crippen molar-refractivity contribution < 1.29 is 14.3 Å². The monoisotopic (exact) mass is 382 g/mol. The minimum Gasteiger partial charge on any atom is -0.452 e. The first-order valence-corrected chi connectivity index (χ1v) is 9.48. The summed E-state index contributed by atoms with van der Waals surface area (Å²) in [5, 5.41) is 6.09. The van der Waals surface area contributed by atoms with E-state index in [4.69, 9.17) is 4.74 Å². The van der Waals surface area contributed by atoms with Crippen molar-refractivity contribution in [2.24, 2.45) is 0 Å². The van der Waals surface area contributed by atoms with Gasteiger partial charge in [-0.3, -0.25) is 4.79 Å². The predicted molar refractivity (Wildman–Crippen MR) is 99.3 cm³/mol. The van der Waals surface area contributed by atoms with E-state index in [1.165, 1.54) is 16.8 Å². The largest absolute Gasteiger partial charge is 0.452 e. The fraction of sp³-hybridized carbons (Fsp3) is 0.263. The summed E-state index contributed by atoms with van der Waals surface area (Å²) in [4.78, 5) is 31.5. The van der Waals surface area contributed by atoms with E-state index in [1.807, 2.05) is 23.6 Å². The molecule has 0 atom stereocenters. The number of amides is 1. The number of fused-ring (bicyclic) bond motifs is 1. The summed E-state index contributed by atoms with van der Waals surface area (Å²) in [7, 11) is 0. The summed E-state index contributed by atoms with van der Waals surface area (Å²) in [5.41, 5.74) is 2.60. The molecule has 0 radical (unpaired) electrons. The second kappa shape index (κ2) is 7.71. The van der Waals surface area contributed by atoms with Gasteiger partial charge in [-0.05, 0) is 41.1 Å². The summed E-state index contributed by atoms with van der Waals surface area (Å²) in [6.45, 7) is 1.60. The molecule has 1 aliphatic rings. The number of hydrogen-bond acceptors (Lipinski definition) is 6. The van der Waals surface area contributed by atoms with Gasteiger partial charge in [0, 0.05) is 18.0 Å². The van der Waals surface area contributed by atoms with E-state index >= 15 is 0 Å². The highest BCUT2D eigenvalue weighted by Crippen LogP contribution is 2.24. The molecule has 2 aromatic heterocycles. The molecule has 4 rings (SSSR count). The Morgan fingerprint density at radius 2 is 2.04 bits per heavy atom. The summed E-state index contributed by atoms with van der Waals surface area (Å²) in [5.74, 6) is -0.660. The van der Waals surface area contributed by atoms with Crippen LogP contribution in [-0.4, -0.2) is 44.7 Å². The van der Waals surface area contributed by atoms with Crippen LogP contribution in [0.2, 0.25) is 0 Å². The van der Waals surface area contributed by atoms with E-state index in [9.17, 15) is 9.59 Å². The van der Waals surface area contributed by atoms with Crippen LogP contribution < -0.4 is 0 Å². The Morgan fingerprint density at radius 3 is 2.81 bits per heavy atom. The molecule has 1 aliphatic heterocycles. The smallest absolute Gasteiger partial charge is 0.338 e. The van der Waals surface area contributed by atoms with Gasteiger partial charge in [0.1, 0.15) is 12.7 Å². The first-order chi connectivity index (χ1) is 13.2. The summed E-state index contributed by atoms with van der Waals surface area (Å²) < 4.78 is 6.90. The second-order valence-electron chi connectivity index (χ2n) is 6.30. The molecular weight excluding hydrogens is 364 g/mol. The number of benzene rings is 1. The molecular formula is C19H18N4O3S. The first kappa shape index (κ1) is 17.4. The van der Waals surface area contributed by atoms with Crippen LogP contribution in [-0.2, 0) is 29.0 Å². The standard InChI is InChI=1S/C19H18N4O3S/c24-18(22-7-5-17-16(10-22)6-8-27-17)11-26-19(25)15-3-1-14(2-4-15)9-23-13-20-12-21-23/h1-4,6,8,12-13H,5,7,9-11H2. The van der Waals surface area contributed by atoms with Crippen molar-refractivity contribution in [3.63, 3.8) is 0 Å². The topological polar surface area (TPSA) is 77.3 Å². The average molecular weight is 382 g/mol. The molecule has 0 bridgehead atoms. The van der Waals surface area contributed by atoms with Gasteiger partial charge in [-0.1, -0.05) is 12.1 Å². The van der Waals surface area contributed by atoms with Crippen molar-refractivity contribution in [3.8, 4) is 0 Å². The van der Waals surface area contributed by atoms with Crippen LogP contribution in [0.4, 0.5) is 0 Å².